The summed E-state index contributed by atoms with van der Waals surface area (Å²) in [5.41, 5.74) is -2.11. The quantitative estimate of drug-likeness (QED) is 0.503. The highest BCUT2D eigenvalue weighted by molar-refractivity contribution is 5.66. The minimum atomic E-state index is -0.760. The SMILES string of the molecule is CO[C@H]1[C@H](C)C[C@@]2(C#N)C[C@H](C)[C@@H]([C@](C)(COC(C)=O)OC)[C@@H](OC)[C@]23O[C@H]13. The summed E-state index contributed by atoms with van der Waals surface area (Å²) in [6.07, 6.45) is 0.769. The fraction of sp³-hybridized carbons (Fsp3) is 0.905. The molecule has 3 aliphatic rings. The lowest BCUT2D eigenvalue weighted by Gasteiger charge is -2.56. The van der Waals surface area contributed by atoms with Crippen molar-refractivity contribution >= 4 is 5.97 Å². The standard InChI is InChI=1S/C21H33NO6/c1-12-8-20(10-22)9-13(2)16(24-5)18-21(20,28-18)17(25-6)15(12)19(4,26-7)11-27-14(3)23/h12-13,15-18H,8-9,11H2,1-7H3/t12-,13+,15+,16-,17+,18+,19-,20+,21+/m0/s1. The largest absolute Gasteiger partial charge is 0.463 e. The zero-order valence-electron chi connectivity index (χ0n) is 18.0. The van der Waals surface area contributed by atoms with E-state index in [4.69, 9.17) is 23.7 Å². The van der Waals surface area contributed by atoms with Crippen molar-refractivity contribution in [2.24, 2.45) is 23.2 Å². The zero-order chi connectivity index (χ0) is 20.9. The predicted molar refractivity (Wildman–Crippen MR) is 100 cm³/mol. The highest BCUT2D eigenvalue weighted by Gasteiger charge is 2.82. The first-order chi connectivity index (χ1) is 13.2. The van der Waals surface area contributed by atoms with E-state index in [-0.39, 0.29) is 48.6 Å². The van der Waals surface area contributed by atoms with Crippen molar-refractivity contribution in [3.05, 3.63) is 0 Å². The van der Waals surface area contributed by atoms with Gasteiger partial charge in [-0.1, -0.05) is 13.8 Å². The minimum Gasteiger partial charge on any atom is -0.463 e. The second kappa shape index (κ2) is 7.24. The second-order valence-corrected chi connectivity index (χ2v) is 9.07. The first-order valence-electron chi connectivity index (χ1n) is 9.99. The van der Waals surface area contributed by atoms with Gasteiger partial charge in [0.05, 0.1) is 23.7 Å². The number of nitriles is 1. The number of rotatable bonds is 6. The van der Waals surface area contributed by atoms with Gasteiger partial charge < -0.3 is 23.7 Å². The van der Waals surface area contributed by atoms with Crippen LogP contribution in [-0.2, 0) is 28.5 Å². The number of epoxide rings is 1. The van der Waals surface area contributed by atoms with E-state index in [1.807, 2.05) is 6.92 Å². The third-order valence-corrected chi connectivity index (χ3v) is 7.47. The van der Waals surface area contributed by atoms with Crippen LogP contribution >= 0.6 is 0 Å². The van der Waals surface area contributed by atoms with Gasteiger partial charge in [0.2, 0.25) is 0 Å². The van der Waals surface area contributed by atoms with Gasteiger partial charge in [-0.15, -0.1) is 0 Å². The molecule has 0 N–H and O–H groups in total. The topological polar surface area (TPSA) is 90.3 Å². The number of nitrogens with zero attached hydrogens (tertiary/aromatic N) is 1. The summed E-state index contributed by atoms with van der Waals surface area (Å²) in [7, 11) is 4.98. The molecule has 2 aliphatic carbocycles. The van der Waals surface area contributed by atoms with E-state index >= 15 is 0 Å². The molecule has 3 fully saturated rings. The van der Waals surface area contributed by atoms with Gasteiger partial charge in [-0.3, -0.25) is 4.79 Å². The van der Waals surface area contributed by atoms with Gasteiger partial charge in [-0.05, 0) is 31.6 Å². The van der Waals surface area contributed by atoms with Crippen molar-refractivity contribution in [2.45, 2.75) is 70.1 Å². The molecule has 0 unspecified atom stereocenters. The fourth-order valence-electron chi connectivity index (χ4n) is 6.30. The van der Waals surface area contributed by atoms with Gasteiger partial charge >= 0.3 is 5.97 Å². The van der Waals surface area contributed by atoms with Crippen molar-refractivity contribution < 1.29 is 28.5 Å². The van der Waals surface area contributed by atoms with Crippen LogP contribution < -0.4 is 0 Å². The average Bonchev–Trinajstić information content (AvgIpc) is 3.40. The molecule has 1 heterocycles. The molecule has 158 valence electrons. The number of carbonyl (C=O) groups is 1. The molecule has 0 radical (unpaired) electrons. The summed E-state index contributed by atoms with van der Waals surface area (Å²) >= 11 is 0. The maximum absolute atomic E-state index is 11.4. The number of ether oxygens (including phenoxy) is 5. The van der Waals surface area contributed by atoms with Crippen molar-refractivity contribution in [2.75, 3.05) is 27.9 Å². The molecule has 9 atom stereocenters. The molecule has 1 aliphatic heterocycles. The van der Waals surface area contributed by atoms with E-state index in [1.165, 1.54) is 6.92 Å². The Balaban J connectivity index is 2.03. The summed E-state index contributed by atoms with van der Waals surface area (Å²) in [4.78, 5) is 11.4. The normalized spacial score (nSPS) is 46.5. The summed E-state index contributed by atoms with van der Waals surface area (Å²) in [6, 6.07) is 2.62. The Morgan fingerprint density at radius 3 is 2.36 bits per heavy atom. The van der Waals surface area contributed by atoms with E-state index in [9.17, 15) is 10.1 Å². The molecule has 0 aromatic rings. The lowest BCUT2D eigenvalue weighted by molar-refractivity contribution is -0.203. The highest BCUT2D eigenvalue weighted by Crippen LogP contribution is 2.69. The molecule has 0 amide bonds. The van der Waals surface area contributed by atoms with E-state index in [0.717, 1.165) is 0 Å². The van der Waals surface area contributed by atoms with Crippen LogP contribution in [0.2, 0.25) is 0 Å². The lowest BCUT2D eigenvalue weighted by atomic mass is 9.49. The fourth-order valence-corrected chi connectivity index (χ4v) is 6.30. The zero-order valence-corrected chi connectivity index (χ0v) is 18.0. The number of hydrogen-bond donors (Lipinski definition) is 0. The third-order valence-electron chi connectivity index (χ3n) is 7.47. The number of carbonyl (C=O) groups excluding carboxylic acids is 1. The smallest absolute Gasteiger partial charge is 0.302 e. The molecule has 3 rings (SSSR count). The van der Waals surface area contributed by atoms with Gasteiger partial charge in [-0.25, -0.2) is 0 Å². The van der Waals surface area contributed by atoms with Crippen molar-refractivity contribution in [1.29, 1.82) is 5.26 Å². The van der Waals surface area contributed by atoms with E-state index in [0.29, 0.717) is 12.8 Å². The van der Waals surface area contributed by atoms with Crippen molar-refractivity contribution in [1.82, 2.24) is 0 Å². The first-order valence-corrected chi connectivity index (χ1v) is 9.99. The molecule has 28 heavy (non-hydrogen) atoms. The summed E-state index contributed by atoms with van der Waals surface area (Å²) < 4.78 is 29.4. The molecule has 1 saturated heterocycles. The van der Waals surface area contributed by atoms with Crippen LogP contribution in [0.15, 0.2) is 0 Å². The highest BCUT2D eigenvalue weighted by atomic mass is 16.7. The molecule has 0 aromatic carbocycles. The Morgan fingerprint density at radius 2 is 1.86 bits per heavy atom. The number of esters is 1. The second-order valence-electron chi connectivity index (χ2n) is 9.07. The van der Waals surface area contributed by atoms with Crippen molar-refractivity contribution in [3.8, 4) is 6.07 Å². The molecule has 2 saturated carbocycles. The number of methoxy groups -OCH3 is 3. The molecule has 1 spiro atoms. The van der Waals surface area contributed by atoms with Gasteiger partial charge in [0.1, 0.15) is 23.9 Å². The average molecular weight is 395 g/mol. The Hall–Kier alpha value is -1.20. The summed E-state index contributed by atoms with van der Waals surface area (Å²) in [5.74, 6) is -0.121. The molecular weight excluding hydrogens is 362 g/mol. The Morgan fingerprint density at radius 1 is 1.21 bits per heavy atom. The Labute approximate surface area is 167 Å². The molecular formula is C21H33NO6. The third kappa shape index (κ3) is 2.80. The number of hydrogen-bond acceptors (Lipinski definition) is 7. The van der Waals surface area contributed by atoms with Crippen LogP contribution in [0.4, 0.5) is 0 Å². The summed E-state index contributed by atoms with van der Waals surface area (Å²) in [6.45, 7) is 7.70. The molecule has 0 aromatic heterocycles. The lowest BCUT2D eigenvalue weighted by Crippen LogP contribution is -2.67. The molecule has 7 nitrogen and oxygen atoms in total. The van der Waals surface area contributed by atoms with Crippen LogP contribution in [0, 0.1) is 34.5 Å². The van der Waals surface area contributed by atoms with Crippen LogP contribution in [0.25, 0.3) is 0 Å². The molecule has 7 heteroatoms. The Kier molecular flexibility index (Phi) is 5.56. The van der Waals surface area contributed by atoms with Gasteiger partial charge in [0.25, 0.3) is 0 Å². The van der Waals surface area contributed by atoms with Crippen molar-refractivity contribution in [3.63, 3.8) is 0 Å². The van der Waals surface area contributed by atoms with E-state index in [1.54, 1.807) is 21.3 Å². The van der Waals surface area contributed by atoms with Gasteiger partial charge in [0.15, 0.2) is 0 Å². The van der Waals surface area contributed by atoms with Crippen LogP contribution in [0.3, 0.4) is 0 Å². The minimum absolute atomic E-state index is 0.0737. The van der Waals surface area contributed by atoms with Gasteiger partial charge in [-0.2, -0.15) is 5.26 Å². The van der Waals surface area contributed by atoms with Crippen LogP contribution in [-0.4, -0.2) is 63.4 Å². The Bertz CT molecular complexity index is 664. The maximum atomic E-state index is 11.4. The first kappa shape index (κ1) is 21.5. The van der Waals surface area contributed by atoms with E-state index in [2.05, 4.69) is 19.9 Å². The maximum Gasteiger partial charge on any atom is 0.302 e. The van der Waals surface area contributed by atoms with Crippen LogP contribution in [0.5, 0.6) is 0 Å². The summed E-state index contributed by atoms with van der Waals surface area (Å²) in [5, 5.41) is 10.3. The monoisotopic (exact) mass is 395 g/mol. The molecule has 0 bridgehead atoms. The predicted octanol–water partition coefficient (Wildman–Crippen LogP) is 2.33. The van der Waals surface area contributed by atoms with Gasteiger partial charge in [0, 0.05) is 34.2 Å². The van der Waals surface area contributed by atoms with Crippen LogP contribution in [0.1, 0.15) is 40.5 Å². The van der Waals surface area contributed by atoms with E-state index < -0.39 is 16.6 Å².